The van der Waals surface area contributed by atoms with E-state index in [1.165, 1.54) is 0 Å². The first-order valence-corrected chi connectivity index (χ1v) is 13.3. The fourth-order valence-corrected chi connectivity index (χ4v) is 5.09. The number of rotatable bonds is 8. The zero-order valence-corrected chi connectivity index (χ0v) is 21.9. The third-order valence-corrected chi connectivity index (χ3v) is 7.27. The number of piperazine rings is 1. The predicted octanol–water partition coefficient (Wildman–Crippen LogP) is 2.74. The molecule has 1 aromatic carbocycles. The van der Waals surface area contributed by atoms with Crippen molar-refractivity contribution in [1.29, 1.82) is 0 Å². The number of amides is 3. The number of hydrogen-bond acceptors (Lipinski definition) is 8. The van der Waals surface area contributed by atoms with Gasteiger partial charge in [0.25, 0.3) is 5.91 Å². The molecule has 1 aliphatic heterocycles. The van der Waals surface area contributed by atoms with Crippen molar-refractivity contribution >= 4 is 56.8 Å². The van der Waals surface area contributed by atoms with Crippen molar-refractivity contribution in [2.45, 2.75) is 12.5 Å². The average Bonchev–Trinajstić information content (AvgIpc) is 3.62. The normalized spacial score (nSPS) is 14.3. The second-order valence-corrected chi connectivity index (χ2v) is 10.1. The van der Waals surface area contributed by atoms with Gasteiger partial charge in [-0.05, 0) is 36.4 Å². The molecule has 1 fully saturated rings. The van der Waals surface area contributed by atoms with Crippen molar-refractivity contribution in [2.75, 3.05) is 37.6 Å². The molecule has 1 atom stereocenters. The Morgan fingerprint density at radius 1 is 1.05 bits per heavy atom. The second kappa shape index (κ2) is 11.6. The van der Waals surface area contributed by atoms with Gasteiger partial charge in [-0.2, -0.15) is 0 Å². The minimum atomic E-state index is -0.969. The molecule has 1 aliphatic rings. The molecule has 1 saturated heterocycles. The summed E-state index contributed by atoms with van der Waals surface area (Å²) in [5.41, 5.74) is 1.12. The highest BCUT2D eigenvalue weighted by Gasteiger charge is 2.27. The summed E-state index contributed by atoms with van der Waals surface area (Å²) in [4.78, 5) is 51.4. The van der Waals surface area contributed by atoms with Crippen molar-refractivity contribution < 1.29 is 18.8 Å². The van der Waals surface area contributed by atoms with Gasteiger partial charge in [-0.3, -0.25) is 19.4 Å². The van der Waals surface area contributed by atoms with Gasteiger partial charge in [0, 0.05) is 66.5 Å². The predicted molar refractivity (Wildman–Crippen MR) is 144 cm³/mol. The highest BCUT2D eigenvalue weighted by atomic mass is 35.5. The van der Waals surface area contributed by atoms with Crippen LogP contribution in [0.15, 0.2) is 64.7 Å². The molecule has 5 rings (SSSR count). The van der Waals surface area contributed by atoms with Crippen LogP contribution >= 0.6 is 22.9 Å². The van der Waals surface area contributed by atoms with Crippen LogP contribution in [0.2, 0.25) is 5.02 Å². The van der Waals surface area contributed by atoms with Crippen LogP contribution in [0, 0.1) is 0 Å². The molecule has 2 N–H and O–H groups in total. The van der Waals surface area contributed by atoms with E-state index in [4.69, 9.17) is 16.0 Å². The van der Waals surface area contributed by atoms with Gasteiger partial charge in [0.1, 0.15) is 11.6 Å². The Balaban J connectivity index is 1.21. The van der Waals surface area contributed by atoms with Crippen LogP contribution in [0.5, 0.6) is 0 Å². The number of anilines is 1. The molecule has 0 spiro atoms. The Bertz CT molecular complexity index is 1420. The number of carbonyl (C=O) groups is 3. The summed E-state index contributed by atoms with van der Waals surface area (Å²) in [5, 5.41) is 9.47. The van der Waals surface area contributed by atoms with E-state index in [2.05, 4.69) is 25.5 Å². The molecule has 12 heteroatoms. The molecule has 38 heavy (non-hydrogen) atoms. The molecular weight excluding hydrogens is 528 g/mol. The molecule has 4 aromatic rings. The molecular formula is C26H25ClN6O4S. The molecule has 4 heterocycles. The number of nitrogens with zero attached hydrogens (tertiary/aromatic N) is 4. The summed E-state index contributed by atoms with van der Waals surface area (Å²) in [6.45, 7) is 2.26. The lowest BCUT2D eigenvalue weighted by atomic mass is 10.1. The molecule has 0 radical (unpaired) electrons. The first-order valence-electron chi connectivity index (χ1n) is 12.1. The first kappa shape index (κ1) is 25.7. The van der Waals surface area contributed by atoms with Crippen molar-refractivity contribution in [1.82, 2.24) is 25.5 Å². The zero-order valence-electron chi connectivity index (χ0n) is 20.3. The maximum atomic E-state index is 13.1. The molecule has 0 saturated carbocycles. The number of benzene rings is 1. The Hall–Kier alpha value is -3.96. The lowest BCUT2D eigenvalue weighted by Crippen LogP contribution is -2.53. The van der Waals surface area contributed by atoms with Gasteiger partial charge in [-0.15, -0.1) is 11.3 Å². The molecule has 10 nitrogen and oxygen atoms in total. The van der Waals surface area contributed by atoms with Crippen LogP contribution < -0.4 is 15.5 Å². The Kier molecular flexibility index (Phi) is 7.85. The number of halogens is 1. The van der Waals surface area contributed by atoms with Gasteiger partial charge < -0.3 is 24.9 Å². The summed E-state index contributed by atoms with van der Waals surface area (Å²) in [6, 6.07) is 11.0. The highest BCUT2D eigenvalue weighted by Crippen LogP contribution is 2.23. The van der Waals surface area contributed by atoms with Crippen LogP contribution in [0.1, 0.15) is 16.2 Å². The number of carbonyl (C=O) groups excluding carboxylic acids is 3. The van der Waals surface area contributed by atoms with Crippen LogP contribution in [0.4, 0.5) is 5.13 Å². The minimum Gasteiger partial charge on any atom is -0.451 e. The van der Waals surface area contributed by atoms with Crippen molar-refractivity contribution in [3.05, 3.63) is 76.7 Å². The summed E-state index contributed by atoms with van der Waals surface area (Å²) < 4.78 is 5.64. The van der Waals surface area contributed by atoms with E-state index < -0.39 is 17.9 Å². The summed E-state index contributed by atoms with van der Waals surface area (Å²) in [6.07, 6.45) is 3.52. The number of pyridine rings is 1. The number of aromatic nitrogens is 2. The van der Waals surface area contributed by atoms with E-state index in [-0.39, 0.29) is 24.6 Å². The lowest BCUT2D eigenvalue weighted by Gasteiger charge is -2.34. The van der Waals surface area contributed by atoms with Gasteiger partial charge in [-0.1, -0.05) is 17.7 Å². The van der Waals surface area contributed by atoms with Crippen molar-refractivity contribution in [3.8, 4) is 0 Å². The van der Waals surface area contributed by atoms with E-state index in [9.17, 15) is 14.4 Å². The molecule has 0 unspecified atom stereocenters. The van der Waals surface area contributed by atoms with Gasteiger partial charge in [0.15, 0.2) is 10.9 Å². The Labute approximate surface area is 227 Å². The van der Waals surface area contributed by atoms with Gasteiger partial charge in [-0.25, -0.2) is 4.98 Å². The van der Waals surface area contributed by atoms with Crippen LogP contribution in [0.25, 0.3) is 11.0 Å². The van der Waals surface area contributed by atoms with Crippen LogP contribution in [-0.4, -0.2) is 71.4 Å². The minimum absolute atomic E-state index is 0.0512. The maximum absolute atomic E-state index is 13.1. The van der Waals surface area contributed by atoms with E-state index >= 15 is 0 Å². The van der Waals surface area contributed by atoms with Gasteiger partial charge in [0.2, 0.25) is 11.8 Å². The monoisotopic (exact) mass is 552 g/mol. The van der Waals surface area contributed by atoms with Gasteiger partial charge in [0.05, 0.1) is 6.54 Å². The molecule has 0 aliphatic carbocycles. The van der Waals surface area contributed by atoms with E-state index in [1.54, 1.807) is 71.1 Å². The smallest absolute Gasteiger partial charge is 0.287 e. The van der Waals surface area contributed by atoms with E-state index in [0.29, 0.717) is 47.9 Å². The maximum Gasteiger partial charge on any atom is 0.287 e. The average molecular weight is 553 g/mol. The van der Waals surface area contributed by atoms with Crippen molar-refractivity contribution in [3.63, 3.8) is 0 Å². The largest absolute Gasteiger partial charge is 0.451 e. The van der Waals surface area contributed by atoms with E-state index in [0.717, 1.165) is 5.13 Å². The Morgan fingerprint density at radius 3 is 2.63 bits per heavy atom. The molecule has 196 valence electrons. The summed E-state index contributed by atoms with van der Waals surface area (Å²) in [5.74, 6) is -1.18. The van der Waals surface area contributed by atoms with Gasteiger partial charge >= 0.3 is 0 Å². The molecule has 3 aromatic heterocycles. The number of hydrogen-bond donors (Lipinski definition) is 2. The fourth-order valence-electron chi connectivity index (χ4n) is 4.21. The molecule has 0 bridgehead atoms. The highest BCUT2D eigenvalue weighted by molar-refractivity contribution is 7.13. The van der Waals surface area contributed by atoms with Crippen LogP contribution in [-0.2, 0) is 16.0 Å². The standard InChI is InChI=1S/C26H25ClN6O4S/c27-18-4-5-21-17(13-18)14-22(37-21)25(36)31-20(15-19-3-1-2-6-28-19)24(35)30-16-23(34)32-8-10-33(11-9-32)26-29-7-12-38-26/h1-7,12-14,20H,8-11,15-16H2,(H,30,35)(H,31,36)/t20-/m0/s1. The number of fused-ring (bicyclic) bond motifs is 1. The summed E-state index contributed by atoms with van der Waals surface area (Å²) >= 11 is 7.60. The number of furan rings is 1. The first-order chi connectivity index (χ1) is 18.5. The fraction of sp³-hybridized carbons (Fsp3) is 0.269. The third-order valence-electron chi connectivity index (χ3n) is 6.20. The quantitative estimate of drug-likeness (QED) is 0.345. The SMILES string of the molecule is O=C(N[C@@H](Cc1ccccn1)C(=O)NCC(=O)N1CCN(c2nccs2)CC1)c1cc2cc(Cl)ccc2o1. The second-order valence-electron chi connectivity index (χ2n) is 8.74. The Morgan fingerprint density at radius 2 is 1.89 bits per heavy atom. The topological polar surface area (TPSA) is 121 Å². The van der Waals surface area contributed by atoms with E-state index in [1.807, 2.05) is 5.38 Å². The van der Waals surface area contributed by atoms with Crippen LogP contribution in [0.3, 0.4) is 0 Å². The zero-order chi connectivity index (χ0) is 26.5. The number of nitrogens with one attached hydrogen (secondary N) is 2. The third kappa shape index (κ3) is 6.12. The molecule has 3 amide bonds. The summed E-state index contributed by atoms with van der Waals surface area (Å²) in [7, 11) is 0. The number of thiazole rings is 1. The van der Waals surface area contributed by atoms with Crippen molar-refractivity contribution in [2.24, 2.45) is 0 Å². The lowest BCUT2D eigenvalue weighted by molar-refractivity contribution is -0.133.